The zero-order valence-corrected chi connectivity index (χ0v) is 12.9. The summed E-state index contributed by atoms with van der Waals surface area (Å²) in [6.45, 7) is 4.45. The Morgan fingerprint density at radius 2 is 1.82 bits per heavy atom. The quantitative estimate of drug-likeness (QED) is 0.666. The molecule has 1 aromatic carbocycles. The Bertz CT molecular complexity index is 468. The van der Waals surface area contributed by atoms with Crippen molar-refractivity contribution in [1.29, 1.82) is 0 Å². The van der Waals surface area contributed by atoms with Crippen LogP contribution in [0.4, 0.5) is 0 Å². The second-order valence-electron chi connectivity index (χ2n) is 4.54. The SMILES string of the molecule is CCOC(=O)[C@@H](Cc1ccc(OCCC(=O)O)cc1)OCC. The zero-order chi connectivity index (χ0) is 16.4. The summed E-state index contributed by atoms with van der Waals surface area (Å²) in [5, 5.41) is 8.54. The number of esters is 1. The van der Waals surface area contributed by atoms with Crippen LogP contribution in [0.1, 0.15) is 25.8 Å². The molecule has 0 saturated heterocycles. The molecule has 0 saturated carbocycles. The molecule has 0 spiro atoms. The van der Waals surface area contributed by atoms with Gasteiger partial charge in [-0.2, -0.15) is 0 Å². The molecule has 6 heteroatoms. The van der Waals surface area contributed by atoms with Crippen molar-refractivity contribution < 1.29 is 28.9 Å². The largest absolute Gasteiger partial charge is 0.493 e. The summed E-state index contributed by atoms with van der Waals surface area (Å²) in [4.78, 5) is 22.2. The summed E-state index contributed by atoms with van der Waals surface area (Å²) < 4.78 is 15.7. The molecule has 122 valence electrons. The molecule has 0 amide bonds. The summed E-state index contributed by atoms with van der Waals surface area (Å²) in [5.41, 5.74) is 0.914. The maximum atomic E-state index is 11.8. The molecule has 0 fully saturated rings. The Morgan fingerprint density at radius 1 is 1.14 bits per heavy atom. The van der Waals surface area contributed by atoms with E-state index in [-0.39, 0.29) is 19.0 Å². The average Bonchev–Trinajstić information content (AvgIpc) is 2.48. The molecule has 0 heterocycles. The van der Waals surface area contributed by atoms with E-state index in [1.165, 1.54) is 0 Å². The van der Waals surface area contributed by atoms with E-state index in [4.69, 9.17) is 19.3 Å². The summed E-state index contributed by atoms with van der Waals surface area (Å²) in [7, 11) is 0. The average molecular weight is 310 g/mol. The molecule has 0 unspecified atom stereocenters. The van der Waals surface area contributed by atoms with E-state index < -0.39 is 12.1 Å². The first-order valence-electron chi connectivity index (χ1n) is 7.28. The lowest BCUT2D eigenvalue weighted by atomic mass is 10.1. The number of benzene rings is 1. The summed E-state index contributed by atoms with van der Waals surface area (Å²) in [5.74, 6) is -0.675. The topological polar surface area (TPSA) is 82.1 Å². The molecule has 0 aliphatic heterocycles. The summed E-state index contributed by atoms with van der Waals surface area (Å²) in [6.07, 6.45) is -0.247. The third-order valence-electron chi connectivity index (χ3n) is 2.85. The van der Waals surface area contributed by atoms with Crippen LogP contribution >= 0.6 is 0 Å². The number of ether oxygens (including phenoxy) is 3. The first kappa shape index (κ1) is 18.0. The summed E-state index contributed by atoms with van der Waals surface area (Å²) in [6, 6.07) is 7.12. The highest BCUT2D eigenvalue weighted by molar-refractivity contribution is 5.75. The van der Waals surface area contributed by atoms with Gasteiger partial charge in [-0.15, -0.1) is 0 Å². The van der Waals surface area contributed by atoms with Gasteiger partial charge in [0, 0.05) is 13.0 Å². The van der Waals surface area contributed by atoms with Crippen molar-refractivity contribution in [1.82, 2.24) is 0 Å². The molecule has 0 radical (unpaired) electrons. The van der Waals surface area contributed by atoms with Gasteiger partial charge in [-0.3, -0.25) is 4.79 Å². The molecule has 0 aliphatic carbocycles. The lowest BCUT2D eigenvalue weighted by molar-refractivity contribution is -0.156. The van der Waals surface area contributed by atoms with Crippen LogP contribution in [-0.4, -0.2) is 43.0 Å². The van der Waals surface area contributed by atoms with Crippen molar-refractivity contribution in [2.45, 2.75) is 32.8 Å². The van der Waals surface area contributed by atoms with Gasteiger partial charge in [0.15, 0.2) is 6.10 Å². The van der Waals surface area contributed by atoms with Crippen LogP contribution in [0, 0.1) is 0 Å². The van der Waals surface area contributed by atoms with Gasteiger partial charge >= 0.3 is 11.9 Å². The van der Waals surface area contributed by atoms with Crippen molar-refractivity contribution in [3.63, 3.8) is 0 Å². The van der Waals surface area contributed by atoms with E-state index in [0.29, 0.717) is 25.4 Å². The second-order valence-corrected chi connectivity index (χ2v) is 4.54. The van der Waals surface area contributed by atoms with Crippen LogP contribution in [0.5, 0.6) is 5.75 Å². The van der Waals surface area contributed by atoms with Crippen LogP contribution < -0.4 is 4.74 Å². The lowest BCUT2D eigenvalue weighted by Crippen LogP contribution is -2.28. The number of rotatable bonds is 10. The molecule has 1 rings (SSSR count). The molecule has 6 nitrogen and oxygen atoms in total. The number of hydrogen-bond acceptors (Lipinski definition) is 5. The molecule has 0 bridgehead atoms. The molecular formula is C16H22O6. The molecular weight excluding hydrogens is 288 g/mol. The molecule has 1 aromatic rings. The standard InChI is InChI=1S/C16H22O6/c1-3-20-14(16(19)21-4-2)11-12-5-7-13(8-6-12)22-10-9-15(17)18/h5-8,14H,3-4,9-11H2,1-2H3,(H,17,18)/t14-/m1/s1. The minimum Gasteiger partial charge on any atom is -0.493 e. The lowest BCUT2D eigenvalue weighted by Gasteiger charge is -2.15. The predicted molar refractivity (Wildman–Crippen MR) is 79.9 cm³/mol. The van der Waals surface area contributed by atoms with Gasteiger partial charge in [0.2, 0.25) is 0 Å². The van der Waals surface area contributed by atoms with Crippen molar-refractivity contribution >= 4 is 11.9 Å². The predicted octanol–water partition coefficient (Wildman–Crippen LogP) is 2.05. The fourth-order valence-electron chi connectivity index (χ4n) is 1.84. The summed E-state index contributed by atoms with van der Waals surface area (Å²) >= 11 is 0. The van der Waals surface area contributed by atoms with Crippen molar-refractivity contribution in [3.05, 3.63) is 29.8 Å². The van der Waals surface area contributed by atoms with Gasteiger partial charge in [0.05, 0.1) is 19.6 Å². The number of aliphatic carboxylic acids is 1. The monoisotopic (exact) mass is 310 g/mol. The van der Waals surface area contributed by atoms with Crippen LogP contribution in [0.15, 0.2) is 24.3 Å². The van der Waals surface area contributed by atoms with Crippen molar-refractivity contribution in [2.75, 3.05) is 19.8 Å². The number of carbonyl (C=O) groups is 2. The van der Waals surface area contributed by atoms with Crippen molar-refractivity contribution in [3.8, 4) is 5.75 Å². The molecule has 1 N–H and O–H groups in total. The van der Waals surface area contributed by atoms with E-state index in [0.717, 1.165) is 5.56 Å². The maximum Gasteiger partial charge on any atom is 0.335 e. The van der Waals surface area contributed by atoms with Crippen LogP contribution in [0.2, 0.25) is 0 Å². The number of hydrogen-bond donors (Lipinski definition) is 1. The van der Waals surface area contributed by atoms with Gasteiger partial charge in [-0.05, 0) is 31.5 Å². The second kappa shape index (κ2) is 9.78. The Balaban J connectivity index is 2.56. The van der Waals surface area contributed by atoms with E-state index in [2.05, 4.69) is 0 Å². The highest BCUT2D eigenvalue weighted by Gasteiger charge is 2.20. The van der Waals surface area contributed by atoms with E-state index >= 15 is 0 Å². The number of carbonyl (C=O) groups excluding carboxylic acids is 1. The molecule has 1 atom stereocenters. The Morgan fingerprint density at radius 3 is 2.36 bits per heavy atom. The fourth-order valence-corrected chi connectivity index (χ4v) is 1.84. The third-order valence-corrected chi connectivity index (χ3v) is 2.85. The Hall–Kier alpha value is -2.08. The fraction of sp³-hybridized carbons (Fsp3) is 0.500. The van der Waals surface area contributed by atoms with E-state index in [9.17, 15) is 9.59 Å². The zero-order valence-electron chi connectivity index (χ0n) is 12.9. The Labute approximate surface area is 130 Å². The van der Waals surface area contributed by atoms with Gasteiger partial charge < -0.3 is 19.3 Å². The number of carboxylic acid groups (broad SMARTS) is 1. The number of carboxylic acids is 1. The van der Waals surface area contributed by atoms with Crippen molar-refractivity contribution in [2.24, 2.45) is 0 Å². The van der Waals surface area contributed by atoms with E-state index in [1.807, 2.05) is 19.1 Å². The first-order chi connectivity index (χ1) is 10.6. The molecule has 22 heavy (non-hydrogen) atoms. The Kier molecular flexibility index (Phi) is 7.99. The smallest absolute Gasteiger partial charge is 0.335 e. The van der Waals surface area contributed by atoms with Gasteiger partial charge in [0.1, 0.15) is 5.75 Å². The highest BCUT2D eigenvalue weighted by Crippen LogP contribution is 2.15. The maximum absolute atomic E-state index is 11.8. The minimum absolute atomic E-state index is 0.0446. The minimum atomic E-state index is -0.898. The van der Waals surface area contributed by atoms with E-state index in [1.54, 1.807) is 19.1 Å². The third kappa shape index (κ3) is 6.58. The molecule has 0 aliphatic rings. The highest BCUT2D eigenvalue weighted by atomic mass is 16.6. The first-order valence-corrected chi connectivity index (χ1v) is 7.28. The van der Waals surface area contributed by atoms with Crippen LogP contribution in [-0.2, 0) is 25.5 Å². The van der Waals surface area contributed by atoms with Gasteiger partial charge in [-0.25, -0.2) is 4.79 Å². The molecule has 0 aromatic heterocycles. The van der Waals surface area contributed by atoms with Gasteiger partial charge in [-0.1, -0.05) is 12.1 Å². The van der Waals surface area contributed by atoms with Crippen LogP contribution in [0.3, 0.4) is 0 Å². The van der Waals surface area contributed by atoms with Crippen LogP contribution in [0.25, 0.3) is 0 Å². The van der Waals surface area contributed by atoms with Gasteiger partial charge in [0.25, 0.3) is 0 Å². The normalized spacial score (nSPS) is 11.7.